The van der Waals surface area contributed by atoms with Gasteiger partial charge in [-0.1, -0.05) is 0 Å². The molecular formula is C12H24N2O2. The van der Waals surface area contributed by atoms with Crippen LogP contribution in [0.25, 0.3) is 0 Å². The quantitative estimate of drug-likeness (QED) is 0.706. The Balaban J connectivity index is 1.67. The van der Waals surface area contributed by atoms with Gasteiger partial charge in [0.15, 0.2) is 0 Å². The monoisotopic (exact) mass is 228 g/mol. The van der Waals surface area contributed by atoms with Crippen LogP contribution in [0.1, 0.15) is 25.7 Å². The molecule has 2 rings (SSSR count). The molecule has 3 unspecified atom stereocenters. The van der Waals surface area contributed by atoms with Crippen molar-refractivity contribution in [1.82, 2.24) is 10.2 Å². The zero-order valence-electron chi connectivity index (χ0n) is 10.2. The van der Waals surface area contributed by atoms with E-state index in [1.807, 2.05) is 0 Å². The maximum absolute atomic E-state index is 9.57. The number of hydrogen-bond acceptors (Lipinski definition) is 4. The SMILES string of the molecule is COCC(O)CNC1CCN2CCCC2C1. The van der Waals surface area contributed by atoms with Crippen LogP contribution < -0.4 is 5.32 Å². The Morgan fingerprint density at radius 3 is 3.12 bits per heavy atom. The van der Waals surface area contributed by atoms with Gasteiger partial charge in [0, 0.05) is 25.7 Å². The fourth-order valence-electron chi connectivity index (χ4n) is 2.96. The lowest BCUT2D eigenvalue weighted by atomic mass is 9.97. The molecule has 0 amide bonds. The van der Waals surface area contributed by atoms with E-state index in [2.05, 4.69) is 10.2 Å². The van der Waals surface area contributed by atoms with Gasteiger partial charge in [0.05, 0.1) is 12.7 Å². The van der Waals surface area contributed by atoms with Crippen LogP contribution in [-0.2, 0) is 4.74 Å². The first kappa shape index (κ1) is 12.3. The van der Waals surface area contributed by atoms with Crippen LogP contribution in [0.15, 0.2) is 0 Å². The largest absolute Gasteiger partial charge is 0.389 e. The highest BCUT2D eigenvalue weighted by Gasteiger charge is 2.31. The minimum Gasteiger partial charge on any atom is -0.389 e. The maximum atomic E-state index is 9.57. The minimum atomic E-state index is -0.369. The van der Waals surface area contributed by atoms with Crippen LogP contribution in [0, 0.1) is 0 Å². The van der Waals surface area contributed by atoms with Crippen molar-refractivity contribution >= 4 is 0 Å². The second kappa shape index (κ2) is 5.96. The van der Waals surface area contributed by atoms with Crippen LogP contribution in [0.5, 0.6) is 0 Å². The van der Waals surface area contributed by atoms with Crippen molar-refractivity contribution in [3.63, 3.8) is 0 Å². The molecule has 0 spiro atoms. The zero-order chi connectivity index (χ0) is 11.4. The van der Waals surface area contributed by atoms with E-state index in [9.17, 15) is 5.11 Å². The third-order valence-electron chi connectivity index (χ3n) is 3.82. The fourth-order valence-corrected chi connectivity index (χ4v) is 2.96. The molecule has 0 aromatic heterocycles. The number of nitrogens with one attached hydrogen (secondary N) is 1. The van der Waals surface area contributed by atoms with Crippen LogP contribution >= 0.6 is 0 Å². The summed E-state index contributed by atoms with van der Waals surface area (Å²) in [5.74, 6) is 0. The molecule has 2 heterocycles. The van der Waals surface area contributed by atoms with Crippen LogP contribution in [0.2, 0.25) is 0 Å². The van der Waals surface area contributed by atoms with Crippen LogP contribution in [0.4, 0.5) is 0 Å². The standard InChI is InChI=1S/C12H24N2O2/c1-16-9-12(15)8-13-10-4-6-14-5-2-3-11(14)7-10/h10-13,15H,2-9H2,1H3. The number of piperidine rings is 1. The molecule has 2 fully saturated rings. The highest BCUT2D eigenvalue weighted by molar-refractivity contribution is 4.89. The number of aliphatic hydroxyl groups excluding tert-OH is 1. The summed E-state index contributed by atoms with van der Waals surface area (Å²) >= 11 is 0. The van der Waals surface area contributed by atoms with Crippen molar-refractivity contribution in [2.45, 2.75) is 43.9 Å². The number of ether oxygens (including phenoxy) is 1. The molecular weight excluding hydrogens is 204 g/mol. The molecule has 2 N–H and O–H groups in total. The third kappa shape index (κ3) is 3.17. The molecule has 0 aliphatic carbocycles. The van der Waals surface area contributed by atoms with Crippen molar-refractivity contribution in [3.05, 3.63) is 0 Å². The first-order valence-electron chi connectivity index (χ1n) is 6.44. The molecule has 4 nitrogen and oxygen atoms in total. The summed E-state index contributed by atoms with van der Waals surface area (Å²) in [5, 5.41) is 13.0. The summed E-state index contributed by atoms with van der Waals surface area (Å²) < 4.78 is 4.91. The van der Waals surface area contributed by atoms with Gasteiger partial charge in [0.1, 0.15) is 0 Å². The molecule has 0 saturated carbocycles. The average molecular weight is 228 g/mol. The van der Waals surface area contributed by atoms with Gasteiger partial charge in [0.25, 0.3) is 0 Å². The summed E-state index contributed by atoms with van der Waals surface area (Å²) in [4.78, 5) is 2.61. The molecule has 2 saturated heterocycles. The van der Waals surface area contributed by atoms with Gasteiger partial charge in [-0.3, -0.25) is 0 Å². The molecule has 16 heavy (non-hydrogen) atoms. The van der Waals surface area contributed by atoms with Crippen LogP contribution in [-0.4, -0.2) is 61.5 Å². The molecule has 3 atom stereocenters. The zero-order valence-corrected chi connectivity index (χ0v) is 10.2. The van der Waals surface area contributed by atoms with E-state index in [0.717, 1.165) is 6.04 Å². The van der Waals surface area contributed by atoms with Gasteiger partial charge in [-0.15, -0.1) is 0 Å². The number of fused-ring (bicyclic) bond motifs is 1. The van der Waals surface area contributed by atoms with E-state index >= 15 is 0 Å². The first-order valence-corrected chi connectivity index (χ1v) is 6.44. The predicted molar refractivity (Wildman–Crippen MR) is 63.5 cm³/mol. The predicted octanol–water partition coefficient (Wildman–Crippen LogP) is 0.210. The first-order chi connectivity index (χ1) is 7.79. The lowest BCUT2D eigenvalue weighted by Crippen LogP contribution is -2.47. The summed E-state index contributed by atoms with van der Waals surface area (Å²) in [6, 6.07) is 1.39. The van der Waals surface area contributed by atoms with Crippen molar-refractivity contribution in [2.75, 3.05) is 33.4 Å². The van der Waals surface area contributed by atoms with E-state index < -0.39 is 0 Å². The van der Waals surface area contributed by atoms with Gasteiger partial charge >= 0.3 is 0 Å². The third-order valence-corrected chi connectivity index (χ3v) is 3.82. The molecule has 2 aliphatic rings. The molecule has 2 aliphatic heterocycles. The smallest absolute Gasteiger partial charge is 0.0897 e. The molecule has 94 valence electrons. The van der Waals surface area contributed by atoms with Gasteiger partial charge in [-0.2, -0.15) is 0 Å². The van der Waals surface area contributed by atoms with Crippen molar-refractivity contribution < 1.29 is 9.84 Å². The van der Waals surface area contributed by atoms with Gasteiger partial charge in [-0.05, 0) is 38.8 Å². The second-order valence-electron chi connectivity index (χ2n) is 5.07. The highest BCUT2D eigenvalue weighted by atomic mass is 16.5. The highest BCUT2D eigenvalue weighted by Crippen LogP contribution is 2.26. The Bertz CT molecular complexity index is 213. The molecule has 0 aromatic carbocycles. The average Bonchev–Trinajstić information content (AvgIpc) is 2.74. The van der Waals surface area contributed by atoms with E-state index in [1.54, 1.807) is 7.11 Å². The summed E-state index contributed by atoms with van der Waals surface area (Å²) in [5.41, 5.74) is 0. The van der Waals surface area contributed by atoms with Gasteiger partial charge in [-0.25, -0.2) is 0 Å². The Morgan fingerprint density at radius 2 is 2.31 bits per heavy atom. The summed E-state index contributed by atoms with van der Waals surface area (Å²) in [6.07, 6.45) is 4.82. The normalized spacial score (nSPS) is 32.6. The molecule has 4 heteroatoms. The van der Waals surface area contributed by atoms with Gasteiger partial charge in [0.2, 0.25) is 0 Å². The summed E-state index contributed by atoms with van der Waals surface area (Å²) in [7, 11) is 1.63. The molecule has 0 aromatic rings. The fraction of sp³-hybridized carbons (Fsp3) is 1.00. The number of nitrogens with zero attached hydrogens (tertiary/aromatic N) is 1. The van der Waals surface area contributed by atoms with E-state index in [0.29, 0.717) is 19.2 Å². The second-order valence-corrected chi connectivity index (χ2v) is 5.07. The number of aliphatic hydroxyl groups is 1. The minimum absolute atomic E-state index is 0.369. The Morgan fingerprint density at radius 1 is 1.44 bits per heavy atom. The summed E-state index contributed by atoms with van der Waals surface area (Å²) in [6.45, 7) is 3.60. The topological polar surface area (TPSA) is 44.7 Å². The molecule has 0 bridgehead atoms. The van der Waals surface area contributed by atoms with Gasteiger partial charge < -0.3 is 20.1 Å². The van der Waals surface area contributed by atoms with Crippen molar-refractivity contribution in [3.8, 4) is 0 Å². The lowest BCUT2D eigenvalue weighted by Gasteiger charge is -2.35. The Kier molecular flexibility index (Phi) is 4.58. The maximum Gasteiger partial charge on any atom is 0.0897 e. The molecule has 0 radical (unpaired) electrons. The van der Waals surface area contributed by atoms with Crippen LogP contribution in [0.3, 0.4) is 0 Å². The number of hydrogen-bond donors (Lipinski definition) is 2. The number of methoxy groups -OCH3 is 1. The van der Waals surface area contributed by atoms with E-state index in [4.69, 9.17) is 4.74 Å². The lowest BCUT2D eigenvalue weighted by molar-refractivity contribution is 0.0591. The number of rotatable bonds is 5. The van der Waals surface area contributed by atoms with E-state index in [-0.39, 0.29) is 6.10 Å². The van der Waals surface area contributed by atoms with E-state index in [1.165, 1.54) is 38.8 Å². The van der Waals surface area contributed by atoms with Crippen molar-refractivity contribution in [1.29, 1.82) is 0 Å². The van der Waals surface area contributed by atoms with Crippen molar-refractivity contribution in [2.24, 2.45) is 0 Å². The Labute approximate surface area is 98.0 Å². The Hall–Kier alpha value is -0.160.